The molecule has 0 radical (unpaired) electrons. The van der Waals surface area contributed by atoms with Crippen LogP contribution in [0, 0.1) is 6.92 Å². The summed E-state index contributed by atoms with van der Waals surface area (Å²) in [4.78, 5) is 14.8. The maximum Gasteiger partial charge on any atom is 0.276 e. The van der Waals surface area contributed by atoms with Crippen molar-refractivity contribution in [1.29, 1.82) is 0 Å². The van der Waals surface area contributed by atoms with Gasteiger partial charge >= 0.3 is 0 Å². The van der Waals surface area contributed by atoms with Gasteiger partial charge in [0.05, 0.1) is 11.4 Å². The summed E-state index contributed by atoms with van der Waals surface area (Å²) >= 11 is 0. The number of benzene rings is 1. The second-order valence-corrected chi connectivity index (χ2v) is 6.91. The smallest absolute Gasteiger partial charge is 0.276 e. The Morgan fingerprint density at radius 1 is 1.25 bits per heavy atom. The van der Waals surface area contributed by atoms with Crippen molar-refractivity contribution in [1.82, 2.24) is 25.2 Å². The van der Waals surface area contributed by atoms with Crippen LogP contribution in [0.25, 0.3) is 5.69 Å². The molecule has 0 bridgehead atoms. The van der Waals surface area contributed by atoms with Gasteiger partial charge in [-0.2, -0.15) is 0 Å². The van der Waals surface area contributed by atoms with Crippen molar-refractivity contribution in [2.45, 2.75) is 38.1 Å². The molecule has 1 unspecified atom stereocenters. The molecule has 1 aliphatic heterocycles. The molecule has 0 spiro atoms. The number of aromatic nitrogens is 3. The van der Waals surface area contributed by atoms with E-state index in [2.05, 4.69) is 34.7 Å². The summed E-state index contributed by atoms with van der Waals surface area (Å²) in [5, 5.41) is 11.9. The fourth-order valence-electron chi connectivity index (χ4n) is 3.34. The predicted molar refractivity (Wildman–Crippen MR) is 91.4 cm³/mol. The summed E-state index contributed by atoms with van der Waals surface area (Å²) in [6, 6.07) is 8.44. The molecule has 1 amide bonds. The fraction of sp³-hybridized carbons (Fsp3) is 0.500. The first-order valence-electron chi connectivity index (χ1n) is 8.65. The van der Waals surface area contributed by atoms with Crippen LogP contribution in [-0.2, 0) is 0 Å². The number of rotatable bonds is 4. The van der Waals surface area contributed by atoms with E-state index in [1.54, 1.807) is 0 Å². The highest BCUT2D eigenvalue weighted by molar-refractivity contribution is 5.93. The van der Waals surface area contributed by atoms with Gasteiger partial charge < -0.3 is 10.2 Å². The van der Waals surface area contributed by atoms with Gasteiger partial charge in [-0.05, 0) is 44.9 Å². The molecular weight excluding hydrogens is 302 g/mol. The fourth-order valence-corrected chi connectivity index (χ4v) is 3.34. The minimum absolute atomic E-state index is 0.0102. The Morgan fingerprint density at radius 3 is 2.62 bits per heavy atom. The zero-order valence-electron chi connectivity index (χ0n) is 14.2. The molecule has 1 N–H and O–H groups in total. The minimum atomic E-state index is -0.0102. The van der Waals surface area contributed by atoms with Gasteiger partial charge in [-0.3, -0.25) is 4.79 Å². The van der Waals surface area contributed by atoms with Gasteiger partial charge in [0.25, 0.3) is 5.91 Å². The lowest BCUT2D eigenvalue weighted by atomic mass is 10.1. The number of hydrogen-bond donors (Lipinski definition) is 1. The van der Waals surface area contributed by atoms with Crippen molar-refractivity contribution in [3.8, 4) is 5.69 Å². The van der Waals surface area contributed by atoms with Crippen molar-refractivity contribution < 1.29 is 4.79 Å². The van der Waals surface area contributed by atoms with Crippen LogP contribution < -0.4 is 5.32 Å². The van der Waals surface area contributed by atoms with Gasteiger partial charge in [0.1, 0.15) is 0 Å². The van der Waals surface area contributed by atoms with Gasteiger partial charge in [-0.15, -0.1) is 5.10 Å². The number of hydrogen-bond acceptors (Lipinski definition) is 4. The molecule has 1 aliphatic carbocycles. The summed E-state index contributed by atoms with van der Waals surface area (Å²) in [6.45, 7) is 3.88. The number of carbonyl (C=O) groups excluding carboxylic acids is 1. The van der Waals surface area contributed by atoms with Crippen LogP contribution in [0.2, 0.25) is 0 Å². The zero-order chi connectivity index (χ0) is 16.7. The second kappa shape index (κ2) is 6.02. The Labute approximate surface area is 141 Å². The lowest BCUT2D eigenvalue weighted by Crippen LogP contribution is -2.39. The molecule has 6 nitrogen and oxygen atoms in total. The van der Waals surface area contributed by atoms with Gasteiger partial charge in [0.2, 0.25) is 0 Å². The number of nitrogens with one attached hydrogen (secondary N) is 1. The minimum Gasteiger partial charge on any atom is -0.336 e. The topological polar surface area (TPSA) is 63.1 Å². The molecule has 1 aromatic carbocycles. The zero-order valence-corrected chi connectivity index (χ0v) is 14.2. The van der Waals surface area contributed by atoms with Crippen LogP contribution in [0.5, 0.6) is 0 Å². The molecule has 2 aromatic rings. The van der Waals surface area contributed by atoms with Gasteiger partial charge in [-0.1, -0.05) is 22.9 Å². The van der Waals surface area contributed by atoms with Gasteiger partial charge in [0.15, 0.2) is 5.69 Å². The quantitative estimate of drug-likeness (QED) is 0.932. The molecule has 1 atom stereocenters. The Hall–Kier alpha value is -2.21. The summed E-state index contributed by atoms with van der Waals surface area (Å²) in [7, 11) is 1.88. The third-order valence-electron chi connectivity index (χ3n) is 5.05. The van der Waals surface area contributed by atoms with E-state index in [9.17, 15) is 4.79 Å². The molecule has 1 aromatic heterocycles. The summed E-state index contributed by atoms with van der Waals surface area (Å²) < 4.78 is 1.85. The molecule has 126 valence electrons. The van der Waals surface area contributed by atoms with E-state index < -0.39 is 0 Å². The summed E-state index contributed by atoms with van der Waals surface area (Å²) in [5.74, 6) is 0.388. The van der Waals surface area contributed by atoms with E-state index >= 15 is 0 Å². The molecule has 2 aliphatic rings. The highest BCUT2D eigenvalue weighted by Gasteiger charge is 2.36. The third-order valence-corrected chi connectivity index (χ3v) is 5.05. The van der Waals surface area contributed by atoms with E-state index in [0.717, 1.165) is 43.7 Å². The summed E-state index contributed by atoms with van der Waals surface area (Å²) in [5.41, 5.74) is 3.67. The average molecular weight is 325 g/mol. The number of likely N-dealkylation sites (N-methyl/N-ethyl adjacent to an activating group) is 1. The lowest BCUT2D eigenvalue weighted by molar-refractivity contribution is 0.0736. The Kier molecular flexibility index (Phi) is 3.84. The van der Waals surface area contributed by atoms with E-state index in [1.165, 1.54) is 5.56 Å². The Morgan fingerprint density at radius 2 is 2.00 bits per heavy atom. The highest BCUT2D eigenvalue weighted by Crippen LogP contribution is 2.42. The van der Waals surface area contributed by atoms with Gasteiger partial charge in [-0.25, -0.2) is 4.68 Å². The van der Waals surface area contributed by atoms with E-state index in [0.29, 0.717) is 11.6 Å². The normalized spacial score (nSPS) is 20.3. The molecule has 1 saturated carbocycles. The van der Waals surface area contributed by atoms with Crippen molar-refractivity contribution in [3.05, 3.63) is 41.2 Å². The standard InChI is InChI=1S/C18H23N5O/c1-12-3-7-14(8-4-12)23-17(13-5-6-13)16(20-21-23)18(24)22(2)15-9-10-19-11-15/h3-4,7-8,13,15,19H,5-6,9-11H2,1-2H3. The monoisotopic (exact) mass is 325 g/mol. The lowest BCUT2D eigenvalue weighted by Gasteiger charge is -2.23. The maximum absolute atomic E-state index is 13.0. The molecule has 6 heteroatoms. The first-order valence-corrected chi connectivity index (χ1v) is 8.65. The maximum atomic E-state index is 13.0. The SMILES string of the molecule is Cc1ccc(-n2nnc(C(=O)N(C)C3CCNC3)c2C2CC2)cc1. The first-order chi connectivity index (χ1) is 11.6. The molecular formula is C18H23N5O. The first kappa shape index (κ1) is 15.3. The van der Waals surface area contributed by atoms with Crippen LogP contribution in [0.3, 0.4) is 0 Å². The predicted octanol–water partition coefficient (Wildman–Crippen LogP) is 1.89. The number of aryl methyl sites for hydroxylation is 1. The third kappa shape index (κ3) is 2.71. The summed E-state index contributed by atoms with van der Waals surface area (Å²) in [6.07, 6.45) is 3.20. The molecule has 1 saturated heterocycles. The van der Waals surface area contributed by atoms with Crippen molar-refractivity contribution in [3.63, 3.8) is 0 Å². The number of carbonyl (C=O) groups is 1. The average Bonchev–Trinajstić information content (AvgIpc) is 3.12. The molecule has 2 heterocycles. The second-order valence-electron chi connectivity index (χ2n) is 6.91. The van der Waals surface area contributed by atoms with E-state index in [4.69, 9.17) is 0 Å². The van der Waals surface area contributed by atoms with E-state index in [-0.39, 0.29) is 11.9 Å². The highest BCUT2D eigenvalue weighted by atomic mass is 16.2. The van der Waals surface area contributed by atoms with Crippen molar-refractivity contribution in [2.75, 3.05) is 20.1 Å². The van der Waals surface area contributed by atoms with Crippen LogP contribution >= 0.6 is 0 Å². The molecule has 2 fully saturated rings. The van der Waals surface area contributed by atoms with Crippen molar-refractivity contribution in [2.24, 2.45) is 0 Å². The molecule has 24 heavy (non-hydrogen) atoms. The van der Waals surface area contributed by atoms with Crippen LogP contribution in [0.15, 0.2) is 24.3 Å². The van der Waals surface area contributed by atoms with Crippen LogP contribution in [-0.4, -0.2) is 52.0 Å². The van der Waals surface area contributed by atoms with Crippen LogP contribution in [0.4, 0.5) is 0 Å². The van der Waals surface area contributed by atoms with Crippen LogP contribution in [0.1, 0.15) is 46.9 Å². The number of nitrogens with zero attached hydrogens (tertiary/aromatic N) is 4. The Bertz CT molecular complexity index is 741. The Balaban J connectivity index is 1.68. The molecule has 4 rings (SSSR count). The van der Waals surface area contributed by atoms with Gasteiger partial charge in [0, 0.05) is 25.6 Å². The number of amides is 1. The van der Waals surface area contributed by atoms with Crippen molar-refractivity contribution >= 4 is 5.91 Å². The largest absolute Gasteiger partial charge is 0.336 e. The van der Waals surface area contributed by atoms with E-state index in [1.807, 2.05) is 28.8 Å².